The smallest absolute Gasteiger partial charge is 0.266 e. The van der Waals surface area contributed by atoms with Gasteiger partial charge in [0.05, 0.1) is 34.5 Å². The molecule has 2 heterocycles. The van der Waals surface area contributed by atoms with Gasteiger partial charge in [0.2, 0.25) is 0 Å². The zero-order valence-corrected chi connectivity index (χ0v) is 12.7. The molecule has 0 fully saturated rings. The van der Waals surface area contributed by atoms with E-state index < -0.39 is 17.6 Å². The lowest BCUT2D eigenvalue weighted by Gasteiger charge is -2.15. The van der Waals surface area contributed by atoms with Crippen LogP contribution >= 0.6 is 0 Å². The number of nitrogens with zero attached hydrogens (tertiary/aromatic N) is 3. The molecular formula is C18H12FN3O2. The molecule has 0 saturated heterocycles. The van der Waals surface area contributed by atoms with Gasteiger partial charge >= 0.3 is 0 Å². The number of anilines is 1. The molecule has 6 heteroatoms. The summed E-state index contributed by atoms with van der Waals surface area (Å²) in [5.41, 5.74) is 1.93. The highest BCUT2D eigenvalue weighted by Gasteiger charge is 2.36. The summed E-state index contributed by atoms with van der Waals surface area (Å²) < 4.78 is 16.0. The topological polar surface area (TPSA) is 55.2 Å². The number of rotatable bonds is 2. The summed E-state index contributed by atoms with van der Waals surface area (Å²) in [5.74, 6) is -1.43. The summed E-state index contributed by atoms with van der Waals surface area (Å²) in [4.78, 5) is 29.9. The molecule has 118 valence electrons. The average molecular weight is 321 g/mol. The molecule has 0 aliphatic carbocycles. The molecule has 0 unspecified atom stereocenters. The summed E-state index contributed by atoms with van der Waals surface area (Å²) in [6.45, 7) is 1.81. The summed E-state index contributed by atoms with van der Waals surface area (Å²) in [6.07, 6.45) is 3.20. The molecule has 1 aliphatic heterocycles. The van der Waals surface area contributed by atoms with Crippen LogP contribution in [0.15, 0.2) is 55.0 Å². The largest absolute Gasteiger partial charge is 0.303 e. The second-order valence-electron chi connectivity index (χ2n) is 5.55. The van der Waals surface area contributed by atoms with Crippen LogP contribution in [0.2, 0.25) is 0 Å². The lowest BCUT2D eigenvalue weighted by atomic mass is 10.1. The van der Waals surface area contributed by atoms with Gasteiger partial charge in [-0.2, -0.15) is 0 Å². The van der Waals surface area contributed by atoms with Crippen molar-refractivity contribution in [3.05, 3.63) is 77.6 Å². The van der Waals surface area contributed by atoms with Crippen molar-refractivity contribution in [3.8, 4) is 5.69 Å². The first-order valence-electron chi connectivity index (χ1n) is 7.34. The second kappa shape index (κ2) is 5.13. The lowest BCUT2D eigenvalue weighted by molar-refractivity contribution is 0.0926. The summed E-state index contributed by atoms with van der Waals surface area (Å²) in [6, 6.07) is 10.8. The molecule has 4 rings (SSSR count). The van der Waals surface area contributed by atoms with Gasteiger partial charge in [0.25, 0.3) is 11.8 Å². The van der Waals surface area contributed by atoms with Gasteiger partial charge in [0, 0.05) is 12.3 Å². The minimum absolute atomic E-state index is 0.208. The number of fused-ring (bicyclic) bond motifs is 1. The Kier molecular flexibility index (Phi) is 3.06. The number of imide groups is 1. The maximum Gasteiger partial charge on any atom is 0.266 e. The number of aromatic nitrogens is 2. The van der Waals surface area contributed by atoms with Crippen molar-refractivity contribution < 1.29 is 14.0 Å². The molecule has 0 saturated carbocycles. The van der Waals surface area contributed by atoms with Gasteiger partial charge < -0.3 is 4.57 Å². The monoisotopic (exact) mass is 321 g/mol. The number of aryl methyl sites for hydroxylation is 1. The highest BCUT2D eigenvalue weighted by Crippen LogP contribution is 2.30. The van der Waals surface area contributed by atoms with Crippen LogP contribution in [0.25, 0.3) is 5.69 Å². The van der Waals surface area contributed by atoms with E-state index in [1.165, 1.54) is 18.5 Å². The zero-order chi connectivity index (χ0) is 16.8. The summed E-state index contributed by atoms with van der Waals surface area (Å²) in [5, 5.41) is 0. The Balaban J connectivity index is 1.75. The Hall–Kier alpha value is -3.28. The third-order valence-corrected chi connectivity index (χ3v) is 3.97. The molecule has 0 N–H and O–H groups in total. The number of hydrogen-bond acceptors (Lipinski definition) is 3. The van der Waals surface area contributed by atoms with E-state index in [2.05, 4.69) is 4.98 Å². The molecule has 0 spiro atoms. The van der Waals surface area contributed by atoms with Crippen molar-refractivity contribution in [1.82, 2.24) is 9.55 Å². The Labute approximate surface area is 137 Å². The number of halogens is 1. The van der Waals surface area contributed by atoms with E-state index in [9.17, 15) is 14.0 Å². The van der Waals surface area contributed by atoms with Gasteiger partial charge in [-0.05, 0) is 31.2 Å². The van der Waals surface area contributed by atoms with Crippen molar-refractivity contribution in [2.45, 2.75) is 6.92 Å². The predicted molar refractivity (Wildman–Crippen MR) is 85.8 cm³/mol. The zero-order valence-electron chi connectivity index (χ0n) is 12.7. The van der Waals surface area contributed by atoms with Gasteiger partial charge in [-0.3, -0.25) is 9.59 Å². The molecule has 2 amide bonds. The maximum atomic E-state index is 14.5. The van der Waals surface area contributed by atoms with E-state index in [0.717, 1.165) is 10.6 Å². The van der Waals surface area contributed by atoms with Crippen molar-refractivity contribution >= 4 is 17.5 Å². The van der Waals surface area contributed by atoms with E-state index in [1.807, 2.05) is 6.92 Å². The van der Waals surface area contributed by atoms with E-state index in [1.54, 1.807) is 41.1 Å². The standard InChI is InChI=1S/C18H12FN3O2/c1-11-9-21(10-20-11)16-7-6-12(8-15(16)19)22-17(23)13-4-2-3-5-14(13)18(22)24/h2-10H,1H3. The van der Waals surface area contributed by atoms with Crippen LogP contribution in [0.5, 0.6) is 0 Å². The molecule has 0 bridgehead atoms. The van der Waals surface area contributed by atoms with Crippen LogP contribution < -0.4 is 4.90 Å². The minimum atomic E-state index is -0.540. The molecule has 0 radical (unpaired) electrons. The maximum absolute atomic E-state index is 14.5. The predicted octanol–water partition coefficient (Wildman–Crippen LogP) is 3.12. The molecule has 2 aromatic carbocycles. The highest BCUT2D eigenvalue weighted by molar-refractivity contribution is 6.34. The quantitative estimate of drug-likeness (QED) is 0.682. The summed E-state index contributed by atoms with van der Waals surface area (Å²) in [7, 11) is 0. The number of imidazole rings is 1. The minimum Gasteiger partial charge on any atom is -0.303 e. The molecule has 0 atom stereocenters. The Morgan fingerprint density at radius 3 is 2.21 bits per heavy atom. The van der Waals surface area contributed by atoms with E-state index >= 15 is 0 Å². The van der Waals surface area contributed by atoms with Crippen molar-refractivity contribution in [3.63, 3.8) is 0 Å². The van der Waals surface area contributed by atoms with Crippen LogP contribution in [-0.4, -0.2) is 21.4 Å². The molecule has 1 aromatic heterocycles. The van der Waals surface area contributed by atoms with Crippen LogP contribution in [0, 0.1) is 12.7 Å². The third-order valence-electron chi connectivity index (χ3n) is 3.97. The Morgan fingerprint density at radius 1 is 1.00 bits per heavy atom. The van der Waals surface area contributed by atoms with Gasteiger partial charge in [0.15, 0.2) is 0 Å². The highest BCUT2D eigenvalue weighted by atomic mass is 19.1. The van der Waals surface area contributed by atoms with Gasteiger partial charge in [-0.1, -0.05) is 12.1 Å². The summed E-state index contributed by atoms with van der Waals surface area (Å²) >= 11 is 0. The van der Waals surface area contributed by atoms with Crippen LogP contribution in [0.4, 0.5) is 10.1 Å². The number of carbonyl (C=O) groups is 2. The third kappa shape index (κ3) is 2.04. The second-order valence-corrected chi connectivity index (χ2v) is 5.55. The first-order valence-corrected chi connectivity index (χ1v) is 7.34. The fourth-order valence-electron chi connectivity index (χ4n) is 2.82. The lowest BCUT2D eigenvalue weighted by Crippen LogP contribution is -2.29. The van der Waals surface area contributed by atoms with E-state index in [4.69, 9.17) is 0 Å². The molecule has 1 aliphatic rings. The van der Waals surface area contributed by atoms with Crippen molar-refractivity contribution in [2.75, 3.05) is 4.90 Å². The number of benzene rings is 2. The van der Waals surface area contributed by atoms with E-state index in [-0.39, 0.29) is 5.69 Å². The fourth-order valence-corrected chi connectivity index (χ4v) is 2.82. The van der Waals surface area contributed by atoms with Gasteiger partial charge in [-0.15, -0.1) is 0 Å². The molecule has 3 aromatic rings. The first-order chi connectivity index (χ1) is 11.6. The molecular weight excluding hydrogens is 309 g/mol. The van der Waals surface area contributed by atoms with Crippen molar-refractivity contribution in [1.29, 1.82) is 0 Å². The van der Waals surface area contributed by atoms with Crippen molar-refractivity contribution in [2.24, 2.45) is 0 Å². The number of hydrogen-bond donors (Lipinski definition) is 0. The van der Waals surface area contributed by atoms with Gasteiger partial charge in [0.1, 0.15) is 5.82 Å². The average Bonchev–Trinajstić information content (AvgIpc) is 3.10. The first kappa shape index (κ1) is 14.3. The van der Waals surface area contributed by atoms with Gasteiger partial charge in [-0.25, -0.2) is 14.3 Å². The fraction of sp³-hybridized carbons (Fsp3) is 0.0556. The SMILES string of the molecule is Cc1cn(-c2ccc(N3C(=O)c4ccccc4C3=O)cc2F)cn1. The normalized spacial score (nSPS) is 13.5. The Bertz CT molecular complexity index is 958. The van der Waals surface area contributed by atoms with Crippen LogP contribution in [-0.2, 0) is 0 Å². The van der Waals surface area contributed by atoms with Crippen LogP contribution in [0.1, 0.15) is 26.4 Å². The molecule has 24 heavy (non-hydrogen) atoms. The van der Waals surface area contributed by atoms with Crippen LogP contribution in [0.3, 0.4) is 0 Å². The number of amides is 2. The Morgan fingerprint density at radius 2 is 1.67 bits per heavy atom. The molecule has 5 nitrogen and oxygen atoms in total. The number of carbonyl (C=O) groups excluding carboxylic acids is 2. The van der Waals surface area contributed by atoms with E-state index in [0.29, 0.717) is 16.8 Å².